The monoisotopic (exact) mass is 530 g/mol. The summed E-state index contributed by atoms with van der Waals surface area (Å²) in [5.41, 5.74) is 16.2. The van der Waals surface area contributed by atoms with Gasteiger partial charge in [0.25, 0.3) is 0 Å². The molecule has 206 valence electrons. The third-order valence-corrected chi connectivity index (χ3v) is 8.51. The Labute approximate surface area is 239 Å². The van der Waals surface area contributed by atoms with Crippen molar-refractivity contribution in [1.82, 2.24) is 9.13 Å². The van der Waals surface area contributed by atoms with Gasteiger partial charge in [-0.2, -0.15) is 0 Å². The third kappa shape index (κ3) is 5.06. The fourth-order valence-electron chi connectivity index (χ4n) is 6.56. The van der Waals surface area contributed by atoms with E-state index in [1.165, 1.54) is 56.4 Å². The molecule has 1 aliphatic rings. The van der Waals surface area contributed by atoms with E-state index in [0.717, 1.165) is 35.1 Å². The van der Waals surface area contributed by atoms with E-state index in [4.69, 9.17) is 0 Å². The van der Waals surface area contributed by atoms with Gasteiger partial charge in [0.15, 0.2) is 5.78 Å². The number of hydrogen-bond donors (Lipinski definition) is 0. The van der Waals surface area contributed by atoms with Crippen LogP contribution in [-0.4, -0.2) is 14.9 Å². The van der Waals surface area contributed by atoms with E-state index in [-0.39, 0.29) is 5.78 Å². The molecule has 0 N–H and O–H groups in total. The standard InChI is InChI=1S/C37H42N2O/c1-22-10-12-35(25(4)14-22)38-27(6)18-31(29(38)8)20-33-16-24(3)17-34(37(33)40)21-32-19-28(7)39(30(32)9)36-13-11-23(2)15-26(36)5/h10-15,18-21,24H,16-17H2,1-9H3/b33-20-,34-21+. The van der Waals surface area contributed by atoms with Crippen LogP contribution in [0.2, 0.25) is 0 Å². The molecule has 0 radical (unpaired) electrons. The smallest absolute Gasteiger partial charge is 0.185 e. The second-order valence-corrected chi connectivity index (χ2v) is 12.1. The molecule has 0 amide bonds. The Morgan fingerprint density at radius 3 is 1.40 bits per heavy atom. The minimum absolute atomic E-state index is 0.186. The Kier molecular flexibility index (Phi) is 7.35. The van der Waals surface area contributed by atoms with Crippen LogP contribution in [0.15, 0.2) is 59.7 Å². The normalized spacial score (nSPS) is 17.8. The van der Waals surface area contributed by atoms with Gasteiger partial charge >= 0.3 is 0 Å². The van der Waals surface area contributed by atoms with Crippen molar-refractivity contribution in [3.63, 3.8) is 0 Å². The van der Waals surface area contributed by atoms with Crippen molar-refractivity contribution in [3.8, 4) is 11.4 Å². The van der Waals surface area contributed by atoms with Crippen molar-refractivity contribution in [2.45, 2.75) is 75.2 Å². The molecule has 0 saturated heterocycles. The van der Waals surface area contributed by atoms with E-state index in [1.807, 2.05) is 0 Å². The zero-order chi connectivity index (χ0) is 28.9. The van der Waals surface area contributed by atoms with Crippen molar-refractivity contribution in [2.24, 2.45) is 5.92 Å². The number of nitrogens with zero attached hydrogens (tertiary/aromatic N) is 2. The summed E-state index contributed by atoms with van der Waals surface area (Å²) in [6.07, 6.45) is 5.91. The average molecular weight is 531 g/mol. The molecule has 0 spiro atoms. The van der Waals surface area contributed by atoms with Crippen LogP contribution in [0.1, 0.15) is 75.9 Å². The van der Waals surface area contributed by atoms with Gasteiger partial charge in [-0.05, 0) is 133 Å². The summed E-state index contributed by atoms with van der Waals surface area (Å²) in [5, 5.41) is 0. The van der Waals surface area contributed by atoms with Crippen LogP contribution >= 0.6 is 0 Å². The third-order valence-electron chi connectivity index (χ3n) is 8.51. The van der Waals surface area contributed by atoms with E-state index in [1.54, 1.807) is 0 Å². The Bertz CT molecular complexity index is 1580. The largest absolute Gasteiger partial charge is 0.318 e. The SMILES string of the molecule is Cc1ccc(-n2c(C)cc(/C=C3/CC(C)C/C(=C\c4cc(C)n(-c5ccc(C)cc5C)c4C)C3=O)c2C)c(C)c1. The molecule has 2 aromatic carbocycles. The lowest BCUT2D eigenvalue weighted by Crippen LogP contribution is -2.18. The van der Waals surface area contributed by atoms with E-state index in [2.05, 4.69) is 132 Å². The fourth-order valence-corrected chi connectivity index (χ4v) is 6.56. The molecule has 0 bridgehead atoms. The van der Waals surface area contributed by atoms with Gasteiger partial charge in [0.2, 0.25) is 0 Å². The predicted molar refractivity (Wildman–Crippen MR) is 169 cm³/mol. The van der Waals surface area contributed by atoms with E-state index >= 15 is 0 Å². The highest BCUT2D eigenvalue weighted by atomic mass is 16.1. The molecule has 40 heavy (non-hydrogen) atoms. The van der Waals surface area contributed by atoms with Gasteiger partial charge < -0.3 is 9.13 Å². The molecule has 1 saturated carbocycles. The van der Waals surface area contributed by atoms with Crippen LogP contribution in [0, 0.1) is 61.3 Å². The van der Waals surface area contributed by atoms with Gasteiger partial charge in [-0.3, -0.25) is 4.79 Å². The van der Waals surface area contributed by atoms with E-state index < -0.39 is 0 Å². The lowest BCUT2D eigenvalue weighted by Gasteiger charge is -2.23. The number of aryl methyl sites for hydroxylation is 6. The highest BCUT2D eigenvalue weighted by Gasteiger charge is 2.26. The fraction of sp³-hybridized carbons (Fsp3) is 0.324. The first kappa shape index (κ1) is 27.7. The number of benzene rings is 2. The molecule has 5 rings (SSSR count). The molecular formula is C37H42N2O. The summed E-state index contributed by atoms with van der Waals surface area (Å²) in [7, 11) is 0. The van der Waals surface area contributed by atoms with Crippen molar-refractivity contribution >= 4 is 17.9 Å². The van der Waals surface area contributed by atoms with Gasteiger partial charge in [0.05, 0.1) is 0 Å². The molecule has 1 atom stereocenters. The molecule has 3 nitrogen and oxygen atoms in total. The summed E-state index contributed by atoms with van der Waals surface area (Å²) < 4.78 is 4.63. The highest BCUT2D eigenvalue weighted by Crippen LogP contribution is 2.35. The quantitative estimate of drug-likeness (QED) is 0.242. The van der Waals surface area contributed by atoms with Gasteiger partial charge in [-0.1, -0.05) is 42.3 Å². The lowest BCUT2D eigenvalue weighted by molar-refractivity contribution is -0.113. The van der Waals surface area contributed by atoms with E-state index in [0.29, 0.717) is 5.92 Å². The van der Waals surface area contributed by atoms with Gasteiger partial charge in [0, 0.05) is 45.3 Å². The molecular weight excluding hydrogens is 488 g/mol. The Balaban J connectivity index is 1.52. The Morgan fingerprint density at radius 1 is 0.625 bits per heavy atom. The number of Topliss-reactive ketones (excluding diaryl/α,β-unsaturated/α-hetero) is 1. The zero-order valence-electron chi connectivity index (χ0n) is 25.6. The number of allylic oxidation sites excluding steroid dienone is 2. The van der Waals surface area contributed by atoms with Crippen molar-refractivity contribution < 1.29 is 4.79 Å². The summed E-state index contributed by atoms with van der Waals surface area (Å²) in [6.45, 7) is 19.5. The average Bonchev–Trinajstić information content (AvgIpc) is 3.30. The molecule has 2 aromatic heterocycles. The van der Waals surface area contributed by atoms with Crippen molar-refractivity contribution in [1.29, 1.82) is 0 Å². The molecule has 1 fully saturated rings. The summed E-state index contributed by atoms with van der Waals surface area (Å²) in [4.78, 5) is 13.9. The van der Waals surface area contributed by atoms with Gasteiger partial charge in [-0.25, -0.2) is 0 Å². The first-order valence-electron chi connectivity index (χ1n) is 14.4. The number of hydrogen-bond acceptors (Lipinski definition) is 1. The minimum atomic E-state index is 0.186. The summed E-state index contributed by atoms with van der Waals surface area (Å²) in [6, 6.07) is 17.6. The lowest BCUT2D eigenvalue weighted by atomic mass is 9.81. The number of rotatable bonds is 4. The van der Waals surface area contributed by atoms with Crippen LogP contribution in [-0.2, 0) is 4.79 Å². The van der Waals surface area contributed by atoms with Crippen LogP contribution in [0.4, 0.5) is 0 Å². The number of aromatic nitrogens is 2. The van der Waals surface area contributed by atoms with Crippen molar-refractivity contribution in [2.75, 3.05) is 0 Å². The van der Waals surface area contributed by atoms with Crippen LogP contribution < -0.4 is 0 Å². The first-order chi connectivity index (χ1) is 18.9. The Hall–Kier alpha value is -3.85. The summed E-state index contributed by atoms with van der Waals surface area (Å²) in [5.74, 6) is 0.603. The maximum atomic E-state index is 13.9. The number of carbonyl (C=O) groups is 1. The van der Waals surface area contributed by atoms with Gasteiger partial charge in [0.1, 0.15) is 0 Å². The first-order valence-corrected chi connectivity index (χ1v) is 14.4. The molecule has 2 heterocycles. The second kappa shape index (κ2) is 10.6. The molecule has 1 aliphatic carbocycles. The van der Waals surface area contributed by atoms with Crippen molar-refractivity contribution in [3.05, 3.63) is 116 Å². The summed E-state index contributed by atoms with van der Waals surface area (Å²) >= 11 is 0. The zero-order valence-corrected chi connectivity index (χ0v) is 25.6. The minimum Gasteiger partial charge on any atom is -0.318 e. The topological polar surface area (TPSA) is 26.9 Å². The number of carbonyl (C=O) groups excluding carboxylic acids is 1. The Morgan fingerprint density at radius 2 is 1.02 bits per heavy atom. The van der Waals surface area contributed by atoms with Crippen LogP contribution in [0.25, 0.3) is 23.5 Å². The second-order valence-electron chi connectivity index (χ2n) is 12.1. The van der Waals surface area contributed by atoms with E-state index in [9.17, 15) is 4.79 Å². The maximum Gasteiger partial charge on any atom is 0.185 e. The van der Waals surface area contributed by atoms with Crippen LogP contribution in [0.5, 0.6) is 0 Å². The van der Waals surface area contributed by atoms with Crippen LogP contribution in [0.3, 0.4) is 0 Å². The molecule has 3 heteroatoms. The molecule has 0 aliphatic heterocycles. The maximum absolute atomic E-state index is 13.9. The highest BCUT2D eigenvalue weighted by molar-refractivity contribution is 6.14. The molecule has 4 aromatic rings. The number of ketones is 1. The van der Waals surface area contributed by atoms with Gasteiger partial charge in [-0.15, -0.1) is 0 Å². The molecule has 1 unspecified atom stereocenters. The predicted octanol–water partition coefficient (Wildman–Crippen LogP) is 9.20.